The van der Waals surface area contributed by atoms with Crippen molar-refractivity contribution in [3.63, 3.8) is 0 Å². The molecule has 0 amide bonds. The maximum absolute atomic E-state index is 3.45. The molecule has 2 nitrogen and oxygen atoms in total. The van der Waals surface area contributed by atoms with Crippen LogP contribution in [0.15, 0.2) is 0 Å². The smallest absolute Gasteiger partial charge is 0.00768 e. The second-order valence-corrected chi connectivity index (χ2v) is 3.53. The van der Waals surface area contributed by atoms with Gasteiger partial charge in [0.25, 0.3) is 0 Å². The first-order valence-electron chi connectivity index (χ1n) is 4.76. The second-order valence-electron chi connectivity index (χ2n) is 3.53. The Hall–Kier alpha value is -0.0800. The fourth-order valence-corrected chi connectivity index (χ4v) is 1.32. The van der Waals surface area contributed by atoms with E-state index in [-0.39, 0.29) is 0 Å². The number of nitrogens with one attached hydrogen (secondary N) is 2. The molecule has 2 heteroatoms. The van der Waals surface area contributed by atoms with Crippen molar-refractivity contribution in [2.45, 2.75) is 20.3 Å². The Morgan fingerprint density at radius 1 is 1.27 bits per heavy atom. The lowest BCUT2D eigenvalue weighted by Gasteiger charge is -2.03. The van der Waals surface area contributed by atoms with Crippen LogP contribution in [0.2, 0.25) is 0 Å². The minimum atomic E-state index is 0.983. The zero-order valence-electron chi connectivity index (χ0n) is 7.69. The molecule has 1 saturated carbocycles. The highest BCUT2D eigenvalue weighted by Crippen LogP contribution is 2.36. The van der Waals surface area contributed by atoms with Gasteiger partial charge in [0.1, 0.15) is 0 Å². The van der Waals surface area contributed by atoms with Crippen molar-refractivity contribution in [1.82, 2.24) is 10.6 Å². The molecule has 0 spiro atoms. The van der Waals surface area contributed by atoms with Gasteiger partial charge in [-0.1, -0.05) is 13.8 Å². The van der Waals surface area contributed by atoms with Gasteiger partial charge in [0, 0.05) is 13.1 Å². The van der Waals surface area contributed by atoms with Crippen LogP contribution in [0.1, 0.15) is 20.3 Å². The topological polar surface area (TPSA) is 24.1 Å². The minimum Gasteiger partial charge on any atom is -0.316 e. The molecule has 11 heavy (non-hydrogen) atoms. The molecule has 0 aromatic heterocycles. The molecule has 0 aromatic rings. The molecule has 2 atom stereocenters. The van der Waals surface area contributed by atoms with Gasteiger partial charge < -0.3 is 10.6 Å². The van der Waals surface area contributed by atoms with E-state index < -0.39 is 0 Å². The zero-order chi connectivity index (χ0) is 8.10. The summed E-state index contributed by atoms with van der Waals surface area (Å²) in [5, 5.41) is 6.74. The van der Waals surface area contributed by atoms with E-state index in [9.17, 15) is 0 Å². The largest absolute Gasteiger partial charge is 0.316 e. The van der Waals surface area contributed by atoms with Crippen LogP contribution in [0.4, 0.5) is 0 Å². The average molecular weight is 156 g/mol. The SMILES string of the molecule is CCNCCNCC1CC1C. The summed E-state index contributed by atoms with van der Waals surface area (Å²) in [5.41, 5.74) is 0. The highest BCUT2D eigenvalue weighted by atomic mass is 14.9. The fraction of sp³-hybridized carbons (Fsp3) is 1.00. The van der Waals surface area contributed by atoms with Gasteiger partial charge in [-0.15, -0.1) is 0 Å². The van der Waals surface area contributed by atoms with Crippen molar-refractivity contribution >= 4 is 0 Å². The standard InChI is InChI=1S/C9H20N2/c1-3-10-4-5-11-7-9-6-8(9)2/h8-11H,3-7H2,1-2H3. The van der Waals surface area contributed by atoms with Crippen molar-refractivity contribution in [3.05, 3.63) is 0 Å². The van der Waals surface area contributed by atoms with Gasteiger partial charge in [-0.3, -0.25) is 0 Å². The molecule has 1 rings (SSSR count). The van der Waals surface area contributed by atoms with Crippen molar-refractivity contribution in [2.75, 3.05) is 26.2 Å². The molecule has 0 aromatic carbocycles. The van der Waals surface area contributed by atoms with Gasteiger partial charge >= 0.3 is 0 Å². The summed E-state index contributed by atoms with van der Waals surface area (Å²) in [5.74, 6) is 1.97. The molecule has 66 valence electrons. The van der Waals surface area contributed by atoms with Gasteiger partial charge in [-0.05, 0) is 31.3 Å². The van der Waals surface area contributed by atoms with E-state index in [0.717, 1.165) is 31.5 Å². The highest BCUT2D eigenvalue weighted by molar-refractivity contribution is 4.83. The summed E-state index contributed by atoms with van der Waals surface area (Å²) in [6.07, 6.45) is 1.44. The monoisotopic (exact) mass is 156 g/mol. The number of hydrogen-bond donors (Lipinski definition) is 2. The van der Waals surface area contributed by atoms with Crippen molar-refractivity contribution in [2.24, 2.45) is 11.8 Å². The van der Waals surface area contributed by atoms with Gasteiger partial charge in [-0.25, -0.2) is 0 Å². The predicted molar refractivity (Wildman–Crippen MR) is 48.7 cm³/mol. The molecule has 1 fully saturated rings. The second kappa shape index (κ2) is 4.73. The quantitative estimate of drug-likeness (QED) is 0.557. The van der Waals surface area contributed by atoms with Crippen LogP contribution in [-0.2, 0) is 0 Å². The summed E-state index contributed by atoms with van der Waals surface area (Å²) in [4.78, 5) is 0. The molecular weight excluding hydrogens is 136 g/mol. The molecular formula is C9H20N2. The Morgan fingerprint density at radius 3 is 2.45 bits per heavy atom. The van der Waals surface area contributed by atoms with E-state index in [4.69, 9.17) is 0 Å². The summed E-state index contributed by atoms with van der Waals surface area (Å²) in [6, 6.07) is 0. The van der Waals surface area contributed by atoms with Gasteiger partial charge in [0.05, 0.1) is 0 Å². The van der Waals surface area contributed by atoms with Crippen LogP contribution >= 0.6 is 0 Å². The highest BCUT2D eigenvalue weighted by Gasteiger charge is 2.31. The lowest BCUT2D eigenvalue weighted by Crippen LogP contribution is -2.28. The van der Waals surface area contributed by atoms with Crippen LogP contribution in [0.25, 0.3) is 0 Å². The summed E-state index contributed by atoms with van der Waals surface area (Å²) in [6.45, 7) is 9.02. The van der Waals surface area contributed by atoms with E-state index in [1.54, 1.807) is 0 Å². The molecule has 1 aliphatic carbocycles. The Morgan fingerprint density at radius 2 is 1.91 bits per heavy atom. The van der Waals surface area contributed by atoms with E-state index in [1.807, 2.05) is 0 Å². The first kappa shape index (κ1) is 9.01. The third-order valence-electron chi connectivity index (χ3n) is 2.41. The maximum atomic E-state index is 3.45. The number of hydrogen-bond acceptors (Lipinski definition) is 2. The summed E-state index contributed by atoms with van der Waals surface area (Å²) in [7, 11) is 0. The predicted octanol–water partition coefficient (Wildman–Crippen LogP) is 0.841. The summed E-state index contributed by atoms with van der Waals surface area (Å²) >= 11 is 0. The lowest BCUT2D eigenvalue weighted by molar-refractivity contribution is 0.583. The molecule has 0 radical (unpaired) electrons. The average Bonchev–Trinajstić information content (AvgIpc) is 2.67. The van der Waals surface area contributed by atoms with E-state index in [0.29, 0.717) is 0 Å². The number of likely N-dealkylation sites (N-methyl/N-ethyl adjacent to an activating group) is 1. The Bertz CT molecular complexity index is 104. The molecule has 0 saturated heterocycles. The Kier molecular flexibility index (Phi) is 3.87. The first-order valence-corrected chi connectivity index (χ1v) is 4.76. The van der Waals surface area contributed by atoms with Crippen LogP contribution in [0.3, 0.4) is 0 Å². The first-order chi connectivity index (χ1) is 5.34. The minimum absolute atomic E-state index is 0.983. The van der Waals surface area contributed by atoms with Gasteiger partial charge in [0.15, 0.2) is 0 Å². The molecule has 0 bridgehead atoms. The van der Waals surface area contributed by atoms with Crippen LogP contribution < -0.4 is 10.6 Å². The van der Waals surface area contributed by atoms with Crippen LogP contribution in [0, 0.1) is 11.8 Å². The van der Waals surface area contributed by atoms with Gasteiger partial charge in [-0.2, -0.15) is 0 Å². The van der Waals surface area contributed by atoms with Crippen LogP contribution in [-0.4, -0.2) is 26.2 Å². The molecule has 2 N–H and O–H groups in total. The third-order valence-corrected chi connectivity index (χ3v) is 2.41. The van der Waals surface area contributed by atoms with Crippen molar-refractivity contribution < 1.29 is 0 Å². The summed E-state index contributed by atoms with van der Waals surface area (Å²) < 4.78 is 0. The molecule has 2 unspecified atom stereocenters. The van der Waals surface area contributed by atoms with Crippen molar-refractivity contribution in [1.29, 1.82) is 0 Å². The van der Waals surface area contributed by atoms with E-state index >= 15 is 0 Å². The van der Waals surface area contributed by atoms with Crippen LogP contribution in [0.5, 0.6) is 0 Å². The normalized spacial score (nSPS) is 28.9. The third kappa shape index (κ3) is 3.73. The number of rotatable bonds is 6. The van der Waals surface area contributed by atoms with Crippen molar-refractivity contribution in [3.8, 4) is 0 Å². The Balaban J connectivity index is 1.74. The zero-order valence-corrected chi connectivity index (χ0v) is 7.69. The van der Waals surface area contributed by atoms with E-state index in [2.05, 4.69) is 24.5 Å². The lowest BCUT2D eigenvalue weighted by atomic mass is 10.3. The molecule has 0 aliphatic heterocycles. The Labute approximate surface area is 69.8 Å². The molecule has 1 aliphatic rings. The molecule has 0 heterocycles. The van der Waals surface area contributed by atoms with E-state index in [1.165, 1.54) is 13.0 Å². The fourth-order valence-electron chi connectivity index (χ4n) is 1.32. The maximum Gasteiger partial charge on any atom is 0.00768 e. The van der Waals surface area contributed by atoms with Gasteiger partial charge in [0.2, 0.25) is 0 Å².